The zero-order chi connectivity index (χ0) is 17.6. The van der Waals surface area contributed by atoms with Gasteiger partial charge in [-0.15, -0.1) is 0 Å². The number of hydrogen-bond donors (Lipinski definition) is 2. The molecule has 0 atom stereocenters. The Balaban J connectivity index is 1.92. The molecule has 1 saturated carbocycles. The van der Waals surface area contributed by atoms with E-state index in [0.29, 0.717) is 5.54 Å². The van der Waals surface area contributed by atoms with E-state index in [9.17, 15) is 0 Å². The average Bonchev–Trinajstić information content (AvgIpc) is 2.56. The van der Waals surface area contributed by atoms with Gasteiger partial charge in [-0.2, -0.15) is 0 Å². The molecule has 0 saturated heterocycles. The van der Waals surface area contributed by atoms with Crippen molar-refractivity contribution in [1.82, 2.24) is 0 Å². The highest BCUT2D eigenvalue weighted by Gasteiger charge is 2.33. The van der Waals surface area contributed by atoms with E-state index in [0.717, 1.165) is 12.5 Å². The zero-order valence-electron chi connectivity index (χ0n) is 16.3. The molecule has 24 heavy (non-hydrogen) atoms. The van der Waals surface area contributed by atoms with Crippen molar-refractivity contribution in [3.63, 3.8) is 0 Å². The van der Waals surface area contributed by atoms with E-state index >= 15 is 0 Å². The second kappa shape index (κ2) is 8.38. The highest BCUT2D eigenvalue weighted by Crippen LogP contribution is 2.39. The fraction of sp³-hybridized carbons (Fsp3) is 0.727. The summed E-state index contributed by atoms with van der Waals surface area (Å²) in [5.74, 6) is 0.918. The predicted molar refractivity (Wildman–Crippen MR) is 107 cm³/mol. The molecular weight excluding hydrogens is 292 g/mol. The quantitative estimate of drug-likeness (QED) is 0.614. The Hall–Kier alpha value is -1.02. The second-order valence-corrected chi connectivity index (χ2v) is 8.81. The van der Waals surface area contributed by atoms with Gasteiger partial charge in [0.2, 0.25) is 0 Å². The highest BCUT2D eigenvalue weighted by molar-refractivity contribution is 5.48. The van der Waals surface area contributed by atoms with Gasteiger partial charge in [0, 0.05) is 11.2 Å². The first kappa shape index (κ1) is 19.3. The minimum Gasteiger partial charge on any atom is -0.380 e. The lowest BCUT2D eigenvalue weighted by atomic mass is 9.73. The summed E-state index contributed by atoms with van der Waals surface area (Å²) in [6, 6.07) is 9.10. The molecule has 0 unspecified atom stereocenters. The van der Waals surface area contributed by atoms with Crippen LogP contribution in [0.25, 0.3) is 0 Å². The first-order valence-corrected chi connectivity index (χ1v) is 9.97. The molecule has 0 bridgehead atoms. The topological polar surface area (TPSA) is 38.0 Å². The number of anilines is 1. The van der Waals surface area contributed by atoms with Crippen LogP contribution >= 0.6 is 0 Å². The van der Waals surface area contributed by atoms with Crippen LogP contribution in [-0.4, -0.2) is 12.1 Å². The van der Waals surface area contributed by atoms with Gasteiger partial charge in [0.05, 0.1) is 0 Å². The fourth-order valence-corrected chi connectivity index (χ4v) is 4.02. The van der Waals surface area contributed by atoms with Gasteiger partial charge in [0.25, 0.3) is 0 Å². The summed E-state index contributed by atoms with van der Waals surface area (Å²) >= 11 is 0. The molecule has 0 radical (unpaired) electrons. The van der Waals surface area contributed by atoms with E-state index in [1.54, 1.807) is 0 Å². The molecule has 3 N–H and O–H groups in total. The van der Waals surface area contributed by atoms with Gasteiger partial charge >= 0.3 is 0 Å². The van der Waals surface area contributed by atoms with Gasteiger partial charge in [-0.3, -0.25) is 0 Å². The summed E-state index contributed by atoms with van der Waals surface area (Å²) in [5, 5.41) is 3.89. The van der Waals surface area contributed by atoms with Crippen LogP contribution in [0.4, 0.5) is 5.69 Å². The SMILES string of the molecule is CCC1(Nc2ccc(C(C)(C)C)cc2)CCC(CCCCN)CC1. The first-order valence-electron chi connectivity index (χ1n) is 9.97. The Labute approximate surface area is 149 Å². The van der Waals surface area contributed by atoms with Crippen molar-refractivity contribution in [2.75, 3.05) is 11.9 Å². The van der Waals surface area contributed by atoms with E-state index in [2.05, 4.69) is 57.3 Å². The molecule has 1 aromatic carbocycles. The lowest BCUT2D eigenvalue weighted by molar-refractivity contribution is 0.235. The monoisotopic (exact) mass is 330 g/mol. The largest absolute Gasteiger partial charge is 0.380 e. The molecule has 1 aliphatic rings. The molecule has 0 aliphatic heterocycles. The van der Waals surface area contributed by atoms with E-state index in [1.165, 1.54) is 62.6 Å². The summed E-state index contributed by atoms with van der Waals surface area (Å²) < 4.78 is 0. The highest BCUT2D eigenvalue weighted by atomic mass is 15.0. The van der Waals surface area contributed by atoms with Crippen molar-refractivity contribution in [2.45, 2.75) is 90.0 Å². The zero-order valence-corrected chi connectivity index (χ0v) is 16.3. The molecule has 2 heteroatoms. The van der Waals surface area contributed by atoms with Crippen LogP contribution in [-0.2, 0) is 5.41 Å². The number of hydrogen-bond acceptors (Lipinski definition) is 2. The van der Waals surface area contributed by atoms with E-state index < -0.39 is 0 Å². The van der Waals surface area contributed by atoms with Crippen molar-refractivity contribution in [3.8, 4) is 0 Å². The maximum atomic E-state index is 5.62. The molecule has 2 rings (SSSR count). The van der Waals surface area contributed by atoms with Gasteiger partial charge in [-0.25, -0.2) is 0 Å². The molecule has 1 fully saturated rings. The normalized spacial score (nSPS) is 24.8. The van der Waals surface area contributed by atoms with Crippen LogP contribution in [0.2, 0.25) is 0 Å². The van der Waals surface area contributed by atoms with Crippen molar-refractivity contribution in [2.24, 2.45) is 11.7 Å². The lowest BCUT2D eigenvalue weighted by Gasteiger charge is -2.41. The van der Waals surface area contributed by atoms with E-state index in [-0.39, 0.29) is 5.41 Å². The number of unbranched alkanes of at least 4 members (excludes halogenated alkanes) is 1. The summed E-state index contributed by atoms with van der Waals surface area (Å²) in [7, 11) is 0. The average molecular weight is 331 g/mol. The van der Waals surface area contributed by atoms with Crippen LogP contribution in [0, 0.1) is 5.92 Å². The molecule has 0 aromatic heterocycles. The van der Waals surface area contributed by atoms with Crippen molar-refractivity contribution >= 4 is 5.69 Å². The number of rotatable bonds is 7. The Morgan fingerprint density at radius 3 is 2.21 bits per heavy atom. The van der Waals surface area contributed by atoms with E-state index in [1.807, 2.05) is 0 Å². The maximum absolute atomic E-state index is 5.62. The number of benzene rings is 1. The lowest BCUT2D eigenvalue weighted by Crippen LogP contribution is -2.41. The molecule has 1 aromatic rings. The standard InChI is InChI=1S/C22H38N2/c1-5-22(15-13-18(14-16-22)8-6-7-17-23)24-20-11-9-19(10-12-20)21(2,3)4/h9-12,18,24H,5-8,13-17,23H2,1-4H3. The van der Waals surface area contributed by atoms with Crippen LogP contribution < -0.4 is 11.1 Å². The van der Waals surface area contributed by atoms with Gasteiger partial charge in [0.15, 0.2) is 0 Å². The third-order valence-electron chi connectivity index (χ3n) is 5.97. The minimum atomic E-state index is 0.225. The molecule has 2 nitrogen and oxygen atoms in total. The predicted octanol–water partition coefficient (Wildman–Crippen LogP) is 5.86. The molecule has 136 valence electrons. The summed E-state index contributed by atoms with van der Waals surface area (Å²) in [6.07, 6.45) is 10.4. The molecular formula is C22H38N2. The number of nitrogens with one attached hydrogen (secondary N) is 1. The Morgan fingerprint density at radius 2 is 1.71 bits per heavy atom. The van der Waals surface area contributed by atoms with Gasteiger partial charge in [0.1, 0.15) is 0 Å². The summed E-state index contributed by atoms with van der Waals surface area (Å²) in [4.78, 5) is 0. The van der Waals surface area contributed by atoms with E-state index in [4.69, 9.17) is 5.73 Å². The second-order valence-electron chi connectivity index (χ2n) is 8.81. The molecule has 0 amide bonds. The maximum Gasteiger partial charge on any atom is 0.0371 e. The first-order chi connectivity index (χ1) is 11.4. The molecule has 0 spiro atoms. The van der Waals surface area contributed by atoms with Crippen molar-refractivity contribution < 1.29 is 0 Å². The Bertz CT molecular complexity index is 476. The summed E-state index contributed by atoms with van der Waals surface area (Å²) in [5.41, 5.74) is 8.83. The van der Waals surface area contributed by atoms with Crippen molar-refractivity contribution in [1.29, 1.82) is 0 Å². The number of nitrogens with two attached hydrogens (primary N) is 1. The summed E-state index contributed by atoms with van der Waals surface area (Å²) in [6.45, 7) is 10.0. The van der Waals surface area contributed by atoms with Crippen molar-refractivity contribution in [3.05, 3.63) is 29.8 Å². The van der Waals surface area contributed by atoms with Crippen LogP contribution in [0.1, 0.15) is 84.6 Å². The molecule has 1 aliphatic carbocycles. The van der Waals surface area contributed by atoms with Crippen LogP contribution in [0.3, 0.4) is 0 Å². The Kier molecular flexibility index (Phi) is 6.74. The fourth-order valence-electron chi connectivity index (χ4n) is 4.02. The minimum absolute atomic E-state index is 0.225. The van der Waals surface area contributed by atoms with Gasteiger partial charge in [-0.1, -0.05) is 52.7 Å². The third-order valence-corrected chi connectivity index (χ3v) is 5.97. The smallest absolute Gasteiger partial charge is 0.0371 e. The van der Waals surface area contributed by atoms with Gasteiger partial charge in [-0.05, 0) is 74.1 Å². The van der Waals surface area contributed by atoms with Crippen LogP contribution in [0.5, 0.6) is 0 Å². The van der Waals surface area contributed by atoms with Crippen LogP contribution in [0.15, 0.2) is 24.3 Å². The third kappa shape index (κ3) is 5.24. The van der Waals surface area contributed by atoms with Gasteiger partial charge < -0.3 is 11.1 Å². The Morgan fingerprint density at radius 1 is 1.08 bits per heavy atom. The molecule has 0 heterocycles.